The fraction of sp³-hybridized carbons (Fsp3) is 0.800. The largest absolute Gasteiger partial charge is 0.0697 e. The normalized spacial score (nSPS) is 50.4. The summed E-state index contributed by atoms with van der Waals surface area (Å²) in [7, 11) is 0. The average Bonchev–Trinajstić information content (AvgIpc) is 2.76. The van der Waals surface area contributed by atoms with Crippen LogP contribution in [0, 0.1) is 10.8 Å². The number of hydrogen-bond donors (Lipinski definition) is 0. The van der Waals surface area contributed by atoms with Crippen LogP contribution >= 0.6 is 0 Å². The van der Waals surface area contributed by atoms with Crippen LogP contribution in [-0.4, -0.2) is 0 Å². The summed E-state index contributed by atoms with van der Waals surface area (Å²) in [5, 5.41) is 0. The van der Waals surface area contributed by atoms with Crippen molar-refractivity contribution in [2.24, 2.45) is 10.8 Å². The molecule has 0 aliphatic heterocycles. The summed E-state index contributed by atoms with van der Waals surface area (Å²) < 4.78 is 0. The SMILES string of the molecule is C1CC1=C1CC12CC21CC1. The van der Waals surface area contributed by atoms with Crippen molar-refractivity contribution in [2.45, 2.75) is 38.5 Å². The molecule has 2 spiro atoms. The van der Waals surface area contributed by atoms with E-state index in [9.17, 15) is 0 Å². The van der Waals surface area contributed by atoms with Gasteiger partial charge in [0, 0.05) is 5.41 Å². The predicted octanol–water partition coefficient (Wildman–Crippen LogP) is 2.65. The first-order valence-electron chi connectivity index (χ1n) is 4.58. The summed E-state index contributed by atoms with van der Waals surface area (Å²) in [6, 6.07) is 0. The first-order valence-corrected chi connectivity index (χ1v) is 4.58. The third kappa shape index (κ3) is 0.309. The Bertz CT molecular complexity index is 262. The Labute approximate surface area is 61.3 Å². The smallest absolute Gasteiger partial charge is 0.00146 e. The lowest BCUT2D eigenvalue weighted by molar-refractivity contribution is 0.740. The maximum atomic E-state index is 1.94. The van der Waals surface area contributed by atoms with E-state index in [1.165, 1.54) is 19.3 Å². The molecular weight excluding hydrogens is 120 g/mol. The summed E-state index contributed by atoms with van der Waals surface area (Å²) in [6.45, 7) is 0. The van der Waals surface area contributed by atoms with Crippen molar-refractivity contribution in [3.63, 3.8) is 0 Å². The van der Waals surface area contributed by atoms with Gasteiger partial charge in [-0.1, -0.05) is 11.1 Å². The molecule has 1 unspecified atom stereocenters. The van der Waals surface area contributed by atoms with Crippen LogP contribution in [0.4, 0.5) is 0 Å². The molecule has 4 aliphatic rings. The Morgan fingerprint density at radius 1 is 1.10 bits per heavy atom. The van der Waals surface area contributed by atoms with Gasteiger partial charge < -0.3 is 0 Å². The Balaban J connectivity index is 1.82. The second kappa shape index (κ2) is 0.929. The third-order valence-electron chi connectivity index (χ3n) is 4.24. The third-order valence-corrected chi connectivity index (χ3v) is 4.24. The van der Waals surface area contributed by atoms with E-state index >= 15 is 0 Å². The first-order chi connectivity index (χ1) is 4.86. The molecule has 4 aliphatic carbocycles. The van der Waals surface area contributed by atoms with Gasteiger partial charge in [-0.3, -0.25) is 0 Å². The highest BCUT2D eigenvalue weighted by Crippen LogP contribution is 2.92. The Morgan fingerprint density at radius 3 is 2.40 bits per heavy atom. The summed E-state index contributed by atoms with van der Waals surface area (Å²) in [6.07, 6.45) is 9.20. The lowest BCUT2D eigenvalue weighted by atomic mass is 10.2. The minimum absolute atomic E-state index is 0.888. The van der Waals surface area contributed by atoms with E-state index in [1.54, 1.807) is 19.3 Å². The molecule has 4 rings (SSSR count). The zero-order valence-corrected chi connectivity index (χ0v) is 6.24. The molecule has 0 aromatic heterocycles. The fourth-order valence-electron chi connectivity index (χ4n) is 3.10. The number of fused-ring (bicyclic) bond motifs is 1. The maximum absolute atomic E-state index is 1.94. The van der Waals surface area contributed by atoms with Crippen LogP contribution < -0.4 is 0 Å². The van der Waals surface area contributed by atoms with E-state index in [1.807, 2.05) is 11.1 Å². The van der Waals surface area contributed by atoms with Gasteiger partial charge in [0.15, 0.2) is 0 Å². The van der Waals surface area contributed by atoms with Gasteiger partial charge in [0.25, 0.3) is 0 Å². The number of hydrogen-bond acceptors (Lipinski definition) is 0. The topological polar surface area (TPSA) is 0 Å². The summed E-state index contributed by atoms with van der Waals surface area (Å²) in [4.78, 5) is 0. The quantitative estimate of drug-likeness (QED) is 0.444. The van der Waals surface area contributed by atoms with Crippen molar-refractivity contribution in [3.05, 3.63) is 11.1 Å². The molecule has 0 N–H and O–H groups in total. The van der Waals surface area contributed by atoms with Crippen molar-refractivity contribution in [2.75, 3.05) is 0 Å². The van der Waals surface area contributed by atoms with E-state index < -0.39 is 0 Å². The van der Waals surface area contributed by atoms with Crippen LogP contribution in [0.1, 0.15) is 38.5 Å². The molecule has 0 nitrogen and oxygen atoms in total. The lowest BCUT2D eigenvalue weighted by Crippen LogP contribution is -1.73. The minimum atomic E-state index is 0.888. The van der Waals surface area contributed by atoms with Crippen molar-refractivity contribution in [1.29, 1.82) is 0 Å². The number of rotatable bonds is 0. The molecule has 0 heteroatoms. The molecule has 0 radical (unpaired) electrons. The Kier molecular flexibility index (Phi) is 0.426. The van der Waals surface area contributed by atoms with Crippen LogP contribution in [-0.2, 0) is 0 Å². The maximum Gasteiger partial charge on any atom is 0.00146 e. The van der Waals surface area contributed by atoms with E-state index in [-0.39, 0.29) is 0 Å². The van der Waals surface area contributed by atoms with Crippen LogP contribution in [0.2, 0.25) is 0 Å². The average molecular weight is 132 g/mol. The van der Waals surface area contributed by atoms with E-state index in [4.69, 9.17) is 0 Å². The van der Waals surface area contributed by atoms with E-state index in [2.05, 4.69) is 0 Å². The van der Waals surface area contributed by atoms with Gasteiger partial charge in [0.05, 0.1) is 0 Å². The summed E-state index contributed by atoms with van der Waals surface area (Å²) in [5.41, 5.74) is 5.63. The monoisotopic (exact) mass is 132 g/mol. The van der Waals surface area contributed by atoms with E-state index in [0.29, 0.717) is 0 Å². The molecule has 0 aromatic rings. The van der Waals surface area contributed by atoms with Crippen LogP contribution in [0.25, 0.3) is 0 Å². The molecular formula is C10H12. The highest BCUT2D eigenvalue weighted by molar-refractivity contribution is 5.54. The second-order valence-electron chi connectivity index (χ2n) is 4.80. The van der Waals surface area contributed by atoms with Gasteiger partial charge in [-0.25, -0.2) is 0 Å². The summed E-state index contributed by atoms with van der Waals surface area (Å²) in [5.74, 6) is 0. The molecule has 52 valence electrons. The molecule has 0 aromatic carbocycles. The Hall–Kier alpha value is -0.260. The van der Waals surface area contributed by atoms with Gasteiger partial charge in [0.2, 0.25) is 0 Å². The van der Waals surface area contributed by atoms with Crippen molar-refractivity contribution >= 4 is 0 Å². The van der Waals surface area contributed by atoms with Crippen LogP contribution in [0.3, 0.4) is 0 Å². The van der Waals surface area contributed by atoms with Gasteiger partial charge in [-0.05, 0) is 43.9 Å². The predicted molar refractivity (Wildman–Crippen MR) is 39.6 cm³/mol. The molecule has 10 heavy (non-hydrogen) atoms. The second-order valence-corrected chi connectivity index (χ2v) is 4.80. The molecule has 0 heterocycles. The lowest BCUT2D eigenvalue weighted by Gasteiger charge is -1.80. The highest BCUT2D eigenvalue weighted by Gasteiger charge is 2.82. The molecule has 1 atom stereocenters. The zero-order valence-electron chi connectivity index (χ0n) is 6.24. The molecule has 0 bridgehead atoms. The van der Waals surface area contributed by atoms with Gasteiger partial charge in [-0.2, -0.15) is 0 Å². The van der Waals surface area contributed by atoms with Gasteiger partial charge in [-0.15, -0.1) is 0 Å². The zero-order chi connectivity index (χ0) is 6.40. The molecule has 0 amide bonds. The molecule has 4 fully saturated rings. The molecule has 0 saturated heterocycles. The summed E-state index contributed by atoms with van der Waals surface area (Å²) >= 11 is 0. The van der Waals surface area contributed by atoms with E-state index in [0.717, 1.165) is 10.8 Å². The van der Waals surface area contributed by atoms with Crippen LogP contribution in [0.5, 0.6) is 0 Å². The van der Waals surface area contributed by atoms with Crippen molar-refractivity contribution in [3.8, 4) is 0 Å². The van der Waals surface area contributed by atoms with Gasteiger partial charge in [0.1, 0.15) is 0 Å². The Morgan fingerprint density at radius 2 is 1.90 bits per heavy atom. The fourth-order valence-corrected chi connectivity index (χ4v) is 3.10. The van der Waals surface area contributed by atoms with Crippen molar-refractivity contribution in [1.82, 2.24) is 0 Å². The number of allylic oxidation sites excluding steroid dienone is 2. The minimum Gasteiger partial charge on any atom is -0.0697 e. The van der Waals surface area contributed by atoms with Crippen molar-refractivity contribution < 1.29 is 0 Å². The standard InChI is InChI=1S/C10H12/c1-2-7(1)8-5-10(8)6-9(10)3-4-9/h1-6H2. The van der Waals surface area contributed by atoms with Crippen LogP contribution in [0.15, 0.2) is 11.1 Å². The highest BCUT2D eigenvalue weighted by atomic mass is 14.9. The molecule has 4 saturated carbocycles. The first kappa shape index (κ1) is 4.58. The van der Waals surface area contributed by atoms with Gasteiger partial charge >= 0.3 is 0 Å².